The Bertz CT molecular complexity index is 1200. The van der Waals surface area contributed by atoms with Crippen molar-refractivity contribution in [2.45, 2.75) is 66.0 Å². The number of imidazole rings is 1. The van der Waals surface area contributed by atoms with Crippen LogP contribution >= 0.6 is 0 Å². The molecule has 2 amide bonds. The first-order valence-corrected chi connectivity index (χ1v) is 13.8. The van der Waals surface area contributed by atoms with Crippen molar-refractivity contribution >= 4 is 28.5 Å². The van der Waals surface area contributed by atoms with Crippen LogP contribution in [0.5, 0.6) is 0 Å². The third-order valence-corrected chi connectivity index (χ3v) is 7.04. The summed E-state index contributed by atoms with van der Waals surface area (Å²) in [4.78, 5) is 35.1. The minimum Gasteiger partial charge on any atom is -0.341 e. The van der Waals surface area contributed by atoms with E-state index in [1.54, 1.807) is 0 Å². The summed E-state index contributed by atoms with van der Waals surface area (Å²) in [6.07, 6.45) is 3.34. The largest absolute Gasteiger partial charge is 0.341 e. The van der Waals surface area contributed by atoms with Crippen molar-refractivity contribution in [2.24, 2.45) is 5.92 Å². The minimum atomic E-state index is 0.151. The van der Waals surface area contributed by atoms with Gasteiger partial charge in [-0.2, -0.15) is 0 Å². The summed E-state index contributed by atoms with van der Waals surface area (Å²) < 4.78 is 2.25. The number of aromatic nitrogens is 2. The Kier molecular flexibility index (Phi) is 9.34. The SMILES string of the molecule is CCn1c(CCCC(=O)N2CCCN(C(=O)CC(C)C)c3ccccc3CNCC2)nc2ccccc21. The molecule has 0 saturated carbocycles. The highest BCUT2D eigenvalue weighted by Gasteiger charge is 2.22. The summed E-state index contributed by atoms with van der Waals surface area (Å²) in [5.41, 5.74) is 4.28. The second-order valence-corrected chi connectivity index (χ2v) is 10.3. The highest BCUT2D eigenvalue weighted by molar-refractivity contribution is 5.94. The molecule has 0 aliphatic carbocycles. The summed E-state index contributed by atoms with van der Waals surface area (Å²) in [6, 6.07) is 16.4. The van der Waals surface area contributed by atoms with E-state index in [4.69, 9.17) is 4.98 Å². The number of carbonyl (C=O) groups excluding carboxylic acids is 2. The molecule has 0 spiro atoms. The summed E-state index contributed by atoms with van der Waals surface area (Å²) in [5, 5.41) is 3.49. The number of benzene rings is 2. The maximum absolute atomic E-state index is 13.2. The van der Waals surface area contributed by atoms with Gasteiger partial charge in [-0.15, -0.1) is 0 Å². The van der Waals surface area contributed by atoms with E-state index >= 15 is 0 Å². The van der Waals surface area contributed by atoms with Crippen LogP contribution in [0, 0.1) is 5.92 Å². The number of fused-ring (bicyclic) bond motifs is 2. The van der Waals surface area contributed by atoms with Gasteiger partial charge in [-0.05, 0) is 49.4 Å². The second-order valence-electron chi connectivity index (χ2n) is 10.3. The molecule has 2 aromatic carbocycles. The zero-order valence-electron chi connectivity index (χ0n) is 22.6. The number of amides is 2. The van der Waals surface area contributed by atoms with E-state index in [-0.39, 0.29) is 11.8 Å². The third kappa shape index (κ3) is 6.77. The molecule has 1 aromatic heterocycles. The summed E-state index contributed by atoms with van der Waals surface area (Å²) in [7, 11) is 0. The molecule has 7 nitrogen and oxygen atoms in total. The normalized spacial score (nSPS) is 15.0. The van der Waals surface area contributed by atoms with Gasteiger partial charge in [-0.25, -0.2) is 4.98 Å². The van der Waals surface area contributed by atoms with Crippen LogP contribution in [0.3, 0.4) is 0 Å². The van der Waals surface area contributed by atoms with E-state index in [0.29, 0.717) is 44.9 Å². The van der Waals surface area contributed by atoms with Crippen molar-refractivity contribution in [1.29, 1.82) is 0 Å². The lowest BCUT2D eigenvalue weighted by molar-refractivity contribution is -0.131. The molecule has 1 aliphatic rings. The van der Waals surface area contributed by atoms with Crippen LogP contribution in [0.1, 0.15) is 57.8 Å². The third-order valence-electron chi connectivity index (χ3n) is 7.04. The Balaban J connectivity index is 1.39. The highest BCUT2D eigenvalue weighted by Crippen LogP contribution is 2.23. The first kappa shape index (κ1) is 26.9. The zero-order chi connectivity index (χ0) is 26.2. The minimum absolute atomic E-state index is 0.151. The van der Waals surface area contributed by atoms with Crippen LogP contribution < -0.4 is 10.2 Å². The van der Waals surface area contributed by atoms with Gasteiger partial charge in [0.1, 0.15) is 5.82 Å². The van der Waals surface area contributed by atoms with Gasteiger partial charge in [0.15, 0.2) is 0 Å². The number of aryl methyl sites for hydroxylation is 2. The molecular weight excluding hydrogens is 462 g/mol. The lowest BCUT2D eigenvalue weighted by Gasteiger charge is -2.27. The molecule has 0 saturated heterocycles. The van der Waals surface area contributed by atoms with E-state index in [0.717, 1.165) is 60.5 Å². The van der Waals surface area contributed by atoms with E-state index in [2.05, 4.69) is 42.8 Å². The number of rotatable bonds is 7. The maximum Gasteiger partial charge on any atom is 0.227 e. The molecule has 1 aliphatic heterocycles. The topological polar surface area (TPSA) is 70.5 Å². The predicted octanol–water partition coefficient (Wildman–Crippen LogP) is 4.78. The van der Waals surface area contributed by atoms with Crippen LogP contribution in [0.25, 0.3) is 11.0 Å². The lowest BCUT2D eigenvalue weighted by atomic mass is 10.1. The Morgan fingerprint density at radius 3 is 2.59 bits per heavy atom. The van der Waals surface area contributed by atoms with Gasteiger partial charge in [0.2, 0.25) is 11.8 Å². The standard InChI is InChI=1S/C30H41N5O2/c1-4-34-27-14-8-6-12-25(27)32-28(34)15-9-16-29(36)33-18-10-19-35(30(37)21-23(2)3)26-13-7-5-11-24(26)22-31-17-20-33/h5-8,11-14,23,31H,4,9-10,15-22H2,1-3H3. The molecule has 7 heteroatoms. The molecular formula is C30H41N5O2. The number of nitrogens with one attached hydrogen (secondary N) is 1. The molecule has 198 valence electrons. The van der Waals surface area contributed by atoms with E-state index < -0.39 is 0 Å². The van der Waals surface area contributed by atoms with Gasteiger partial charge < -0.3 is 19.7 Å². The van der Waals surface area contributed by atoms with Crippen molar-refractivity contribution in [1.82, 2.24) is 19.8 Å². The fourth-order valence-corrected chi connectivity index (χ4v) is 5.21. The molecule has 3 aromatic rings. The molecule has 0 atom stereocenters. The smallest absolute Gasteiger partial charge is 0.227 e. The fraction of sp³-hybridized carbons (Fsp3) is 0.500. The predicted molar refractivity (Wildman–Crippen MR) is 149 cm³/mol. The van der Waals surface area contributed by atoms with E-state index in [1.165, 1.54) is 0 Å². The fourth-order valence-electron chi connectivity index (χ4n) is 5.21. The molecule has 0 bridgehead atoms. The Hall–Kier alpha value is -3.19. The Labute approximate surface area is 220 Å². The van der Waals surface area contributed by atoms with Gasteiger partial charge >= 0.3 is 0 Å². The quantitative estimate of drug-likeness (QED) is 0.504. The van der Waals surface area contributed by atoms with Crippen molar-refractivity contribution in [3.05, 3.63) is 59.9 Å². The summed E-state index contributed by atoms with van der Waals surface area (Å²) in [6.45, 7) is 10.5. The van der Waals surface area contributed by atoms with Gasteiger partial charge in [-0.1, -0.05) is 44.2 Å². The van der Waals surface area contributed by atoms with Gasteiger partial charge in [0, 0.05) is 64.2 Å². The monoisotopic (exact) mass is 503 g/mol. The van der Waals surface area contributed by atoms with E-state index in [1.807, 2.05) is 46.2 Å². The van der Waals surface area contributed by atoms with Crippen LogP contribution in [-0.2, 0) is 29.1 Å². The maximum atomic E-state index is 13.2. The number of hydrogen-bond donors (Lipinski definition) is 1. The van der Waals surface area contributed by atoms with E-state index in [9.17, 15) is 9.59 Å². The van der Waals surface area contributed by atoms with Crippen molar-refractivity contribution in [3.8, 4) is 0 Å². The zero-order valence-corrected chi connectivity index (χ0v) is 22.6. The number of hydrogen-bond acceptors (Lipinski definition) is 4. The van der Waals surface area contributed by atoms with Crippen LogP contribution in [-0.4, -0.2) is 52.4 Å². The summed E-state index contributed by atoms with van der Waals surface area (Å²) >= 11 is 0. The number of para-hydroxylation sites is 3. The second kappa shape index (κ2) is 12.9. The molecule has 37 heavy (non-hydrogen) atoms. The molecule has 0 fully saturated rings. The number of nitrogens with zero attached hydrogens (tertiary/aromatic N) is 4. The van der Waals surface area contributed by atoms with Crippen LogP contribution in [0.4, 0.5) is 5.69 Å². The molecule has 0 unspecified atom stereocenters. The summed E-state index contributed by atoms with van der Waals surface area (Å²) in [5.74, 6) is 1.68. The molecule has 1 N–H and O–H groups in total. The Morgan fingerprint density at radius 2 is 1.78 bits per heavy atom. The average Bonchev–Trinajstić information content (AvgIpc) is 3.22. The molecule has 2 heterocycles. The van der Waals surface area contributed by atoms with Crippen molar-refractivity contribution in [2.75, 3.05) is 31.1 Å². The van der Waals surface area contributed by atoms with Crippen LogP contribution in [0.15, 0.2) is 48.5 Å². The van der Waals surface area contributed by atoms with Gasteiger partial charge in [0.25, 0.3) is 0 Å². The highest BCUT2D eigenvalue weighted by atomic mass is 16.2. The van der Waals surface area contributed by atoms with Gasteiger partial charge in [-0.3, -0.25) is 9.59 Å². The van der Waals surface area contributed by atoms with Crippen molar-refractivity contribution < 1.29 is 9.59 Å². The molecule has 4 rings (SSSR count). The number of anilines is 1. The first-order chi connectivity index (χ1) is 18.0. The van der Waals surface area contributed by atoms with Gasteiger partial charge in [0.05, 0.1) is 11.0 Å². The lowest BCUT2D eigenvalue weighted by Crippen LogP contribution is -2.39. The average molecular weight is 504 g/mol. The first-order valence-electron chi connectivity index (χ1n) is 13.8. The molecule has 0 radical (unpaired) electrons. The number of carbonyl (C=O) groups is 2. The van der Waals surface area contributed by atoms with Crippen LogP contribution in [0.2, 0.25) is 0 Å². The Morgan fingerprint density at radius 1 is 1.00 bits per heavy atom. The van der Waals surface area contributed by atoms with Crippen molar-refractivity contribution in [3.63, 3.8) is 0 Å².